The molecule has 24 heavy (non-hydrogen) atoms. The first-order valence-electron chi connectivity index (χ1n) is 7.99. The fraction of sp³-hybridized carbons (Fsp3) is 0.412. The van der Waals surface area contributed by atoms with Crippen molar-refractivity contribution in [2.24, 2.45) is 0 Å². The van der Waals surface area contributed by atoms with Crippen LogP contribution < -0.4 is 5.56 Å². The Hall–Kier alpha value is -2.54. The molecule has 1 N–H and O–H groups in total. The zero-order valence-electron chi connectivity index (χ0n) is 13.9. The van der Waals surface area contributed by atoms with Gasteiger partial charge in [-0.25, -0.2) is 9.97 Å². The van der Waals surface area contributed by atoms with Gasteiger partial charge in [0.15, 0.2) is 0 Å². The van der Waals surface area contributed by atoms with Crippen LogP contribution in [0.25, 0.3) is 0 Å². The summed E-state index contributed by atoms with van der Waals surface area (Å²) in [5.74, 6) is 0.686. The van der Waals surface area contributed by atoms with Crippen molar-refractivity contribution in [1.82, 2.24) is 24.8 Å². The summed E-state index contributed by atoms with van der Waals surface area (Å²) in [4.78, 5) is 39.3. The number of hydrogen-bond acceptors (Lipinski definition) is 5. The monoisotopic (exact) mass is 327 g/mol. The lowest BCUT2D eigenvalue weighted by Crippen LogP contribution is -2.36. The number of H-pyrrole nitrogens is 1. The maximum absolute atomic E-state index is 12.6. The minimum atomic E-state index is -0.243. The summed E-state index contributed by atoms with van der Waals surface area (Å²) >= 11 is 0. The molecule has 0 bridgehead atoms. The topological polar surface area (TPSA) is 82.2 Å². The average molecular weight is 327 g/mol. The van der Waals surface area contributed by atoms with E-state index >= 15 is 0 Å². The number of nitrogens with one attached hydrogen (secondary N) is 1. The van der Waals surface area contributed by atoms with E-state index in [1.54, 1.807) is 36.4 Å². The van der Waals surface area contributed by atoms with Gasteiger partial charge in [-0.15, -0.1) is 0 Å². The van der Waals surface area contributed by atoms with Gasteiger partial charge in [-0.3, -0.25) is 14.5 Å². The molecule has 2 aromatic rings. The minimum Gasteiger partial charge on any atom is -0.337 e. The number of rotatable bonds is 4. The van der Waals surface area contributed by atoms with Gasteiger partial charge in [-0.2, -0.15) is 0 Å². The number of carbonyl (C=O) groups is 1. The van der Waals surface area contributed by atoms with Crippen LogP contribution in [-0.2, 0) is 6.54 Å². The van der Waals surface area contributed by atoms with E-state index in [0.29, 0.717) is 30.9 Å². The van der Waals surface area contributed by atoms with Crippen LogP contribution in [0.15, 0.2) is 35.4 Å². The van der Waals surface area contributed by atoms with E-state index in [2.05, 4.69) is 19.9 Å². The number of carbonyl (C=O) groups excluding carboxylic acids is 1. The van der Waals surface area contributed by atoms with Crippen LogP contribution in [0.3, 0.4) is 0 Å². The molecule has 1 unspecified atom stereocenters. The van der Waals surface area contributed by atoms with E-state index in [1.165, 1.54) is 6.07 Å². The third kappa shape index (κ3) is 3.68. The summed E-state index contributed by atoms with van der Waals surface area (Å²) in [6.45, 7) is 3.76. The Morgan fingerprint density at radius 2 is 2.12 bits per heavy atom. The number of likely N-dealkylation sites (N-methyl/N-ethyl adjacent to an activating group) is 1. The lowest BCUT2D eigenvalue weighted by molar-refractivity contribution is 0.0779. The predicted octanol–water partition coefficient (Wildman–Crippen LogP) is 0.820. The predicted molar refractivity (Wildman–Crippen MR) is 89.6 cm³/mol. The summed E-state index contributed by atoms with van der Waals surface area (Å²) in [7, 11) is 2.02. The molecule has 0 radical (unpaired) electrons. The van der Waals surface area contributed by atoms with Gasteiger partial charge >= 0.3 is 0 Å². The molecule has 3 rings (SSSR count). The van der Waals surface area contributed by atoms with Crippen molar-refractivity contribution in [1.29, 1.82) is 0 Å². The fourth-order valence-corrected chi connectivity index (χ4v) is 3.04. The molecule has 0 aliphatic carbocycles. The number of aromatic nitrogens is 3. The average Bonchev–Trinajstić information content (AvgIpc) is 3.04. The molecule has 1 aliphatic heterocycles. The van der Waals surface area contributed by atoms with Crippen molar-refractivity contribution >= 4 is 5.91 Å². The molecule has 1 atom stereocenters. The number of pyridine rings is 1. The highest BCUT2D eigenvalue weighted by molar-refractivity contribution is 5.94. The Kier molecular flexibility index (Phi) is 4.71. The maximum Gasteiger partial charge on any atom is 0.254 e. The van der Waals surface area contributed by atoms with Crippen LogP contribution in [0.5, 0.6) is 0 Å². The Morgan fingerprint density at radius 3 is 2.83 bits per heavy atom. The highest BCUT2D eigenvalue weighted by Gasteiger charge is 2.29. The van der Waals surface area contributed by atoms with Crippen molar-refractivity contribution < 1.29 is 4.79 Å². The Bertz CT molecular complexity index is 774. The van der Waals surface area contributed by atoms with E-state index in [-0.39, 0.29) is 17.5 Å². The first-order valence-corrected chi connectivity index (χ1v) is 7.99. The molecule has 1 fully saturated rings. The van der Waals surface area contributed by atoms with E-state index in [9.17, 15) is 9.59 Å². The van der Waals surface area contributed by atoms with Crippen molar-refractivity contribution in [2.45, 2.75) is 25.9 Å². The largest absolute Gasteiger partial charge is 0.337 e. The number of hydrogen-bond donors (Lipinski definition) is 1. The zero-order chi connectivity index (χ0) is 17.1. The molecule has 2 aromatic heterocycles. The van der Waals surface area contributed by atoms with Crippen LogP contribution >= 0.6 is 0 Å². The summed E-state index contributed by atoms with van der Waals surface area (Å²) in [5.41, 5.74) is 0.901. The second kappa shape index (κ2) is 6.92. The first kappa shape index (κ1) is 16.3. The normalized spacial score (nSPS) is 17.5. The first-order chi connectivity index (χ1) is 11.5. The number of nitrogens with zero attached hydrogens (tertiary/aromatic N) is 4. The summed E-state index contributed by atoms with van der Waals surface area (Å²) in [6.07, 6.45) is 4.36. The lowest BCUT2D eigenvalue weighted by Gasteiger charge is -2.24. The van der Waals surface area contributed by atoms with Crippen LogP contribution in [0.2, 0.25) is 0 Å². The van der Waals surface area contributed by atoms with Gasteiger partial charge in [0.2, 0.25) is 5.56 Å². The van der Waals surface area contributed by atoms with Gasteiger partial charge in [-0.05, 0) is 32.5 Å². The molecule has 126 valence electrons. The van der Waals surface area contributed by atoms with E-state index < -0.39 is 0 Å². The Labute approximate surface area is 140 Å². The number of aryl methyl sites for hydroxylation is 1. The van der Waals surface area contributed by atoms with E-state index in [0.717, 1.165) is 12.2 Å². The molecule has 1 amide bonds. The number of likely N-dealkylation sites (tertiary alicyclic amines) is 1. The van der Waals surface area contributed by atoms with Crippen LogP contribution in [0.1, 0.15) is 28.3 Å². The van der Waals surface area contributed by atoms with Gasteiger partial charge in [0, 0.05) is 48.8 Å². The van der Waals surface area contributed by atoms with Crippen molar-refractivity contribution in [2.75, 3.05) is 20.1 Å². The smallest absolute Gasteiger partial charge is 0.254 e. The molecular formula is C17H21N5O2. The molecule has 0 spiro atoms. The van der Waals surface area contributed by atoms with Crippen molar-refractivity contribution in [3.8, 4) is 0 Å². The second-order valence-electron chi connectivity index (χ2n) is 6.19. The zero-order valence-corrected chi connectivity index (χ0v) is 13.9. The van der Waals surface area contributed by atoms with Gasteiger partial charge in [0.1, 0.15) is 5.82 Å². The molecule has 1 saturated heterocycles. The van der Waals surface area contributed by atoms with Gasteiger partial charge < -0.3 is 9.88 Å². The highest BCUT2D eigenvalue weighted by Crippen LogP contribution is 2.18. The van der Waals surface area contributed by atoms with Crippen LogP contribution in [0, 0.1) is 6.92 Å². The van der Waals surface area contributed by atoms with E-state index in [1.807, 2.05) is 7.05 Å². The third-order valence-corrected chi connectivity index (χ3v) is 4.31. The molecule has 3 heterocycles. The number of amides is 1. The Morgan fingerprint density at radius 1 is 1.38 bits per heavy atom. The molecule has 7 nitrogen and oxygen atoms in total. The quantitative estimate of drug-likeness (QED) is 0.899. The van der Waals surface area contributed by atoms with Gasteiger partial charge in [0.05, 0.1) is 6.54 Å². The molecule has 1 aliphatic rings. The highest BCUT2D eigenvalue weighted by atomic mass is 16.2. The van der Waals surface area contributed by atoms with Crippen molar-refractivity contribution in [3.05, 3.63) is 58.0 Å². The molecular weight excluding hydrogens is 306 g/mol. The summed E-state index contributed by atoms with van der Waals surface area (Å²) in [6, 6.07) is 5.15. The van der Waals surface area contributed by atoms with Crippen molar-refractivity contribution in [3.63, 3.8) is 0 Å². The second-order valence-corrected chi connectivity index (χ2v) is 6.19. The van der Waals surface area contributed by atoms with E-state index in [4.69, 9.17) is 0 Å². The minimum absolute atomic E-state index is 0.0870. The fourth-order valence-electron chi connectivity index (χ4n) is 3.04. The van der Waals surface area contributed by atoms with Gasteiger partial charge in [0.25, 0.3) is 5.91 Å². The standard InChI is InChI=1S/C17H21N5O2/c1-12-8-13(9-16(23)20-12)17(24)22-7-4-14(10-22)21(2)11-15-18-5-3-6-19-15/h3,5-6,8-9,14H,4,7,10-11H2,1-2H3,(H,20,23). The molecule has 7 heteroatoms. The Balaban J connectivity index is 1.64. The lowest BCUT2D eigenvalue weighted by atomic mass is 10.2. The summed E-state index contributed by atoms with van der Waals surface area (Å²) in [5, 5.41) is 0. The van der Waals surface area contributed by atoms with Crippen LogP contribution in [0.4, 0.5) is 0 Å². The molecule has 0 aromatic carbocycles. The van der Waals surface area contributed by atoms with Gasteiger partial charge in [-0.1, -0.05) is 0 Å². The SMILES string of the molecule is Cc1cc(C(=O)N2CCC(N(C)Cc3ncccn3)C2)cc(=O)[nH]1. The third-order valence-electron chi connectivity index (χ3n) is 4.31. The molecule has 0 saturated carbocycles. The summed E-state index contributed by atoms with van der Waals surface area (Å²) < 4.78 is 0. The van der Waals surface area contributed by atoms with Crippen LogP contribution in [-0.4, -0.2) is 56.8 Å². The maximum atomic E-state index is 12.6. The number of aromatic amines is 1.